The summed E-state index contributed by atoms with van der Waals surface area (Å²) in [5.41, 5.74) is 0.121. The first-order valence-corrected chi connectivity index (χ1v) is 4.46. The Kier molecular flexibility index (Phi) is 4.60. The van der Waals surface area contributed by atoms with Crippen LogP contribution in [0.25, 0.3) is 0 Å². The van der Waals surface area contributed by atoms with Gasteiger partial charge in [-0.25, -0.2) is 6.92 Å². The van der Waals surface area contributed by atoms with Crippen molar-refractivity contribution in [1.29, 1.82) is 0 Å². The molecule has 1 aromatic heterocycles. The molecule has 2 N–H and O–H groups in total. The molecule has 1 radical (unpaired) electrons. The Labute approximate surface area is 95.5 Å². The van der Waals surface area contributed by atoms with Gasteiger partial charge in [-0.15, -0.1) is 11.8 Å². The summed E-state index contributed by atoms with van der Waals surface area (Å²) in [5.74, 6) is 0. The van der Waals surface area contributed by atoms with E-state index in [-0.39, 0.29) is 38.1 Å². The second-order valence-corrected chi connectivity index (χ2v) is 3.58. The summed E-state index contributed by atoms with van der Waals surface area (Å²) in [6.45, 7) is 3.44. The molecule has 0 fully saturated rings. The van der Waals surface area contributed by atoms with Gasteiger partial charge in [0, 0.05) is 32.7 Å². The molecule has 0 bridgehead atoms. The number of rotatable bonds is 1. The topological polar surface area (TPSA) is 70.4 Å². The van der Waals surface area contributed by atoms with E-state index >= 15 is 0 Å². The molecule has 0 amide bonds. The van der Waals surface area contributed by atoms with Crippen molar-refractivity contribution in [3.63, 3.8) is 0 Å². The third-order valence-corrected chi connectivity index (χ3v) is 1.94. The zero-order valence-corrected chi connectivity index (χ0v) is 9.95. The minimum Gasteiger partial charge on any atom is -0.320 e. The van der Waals surface area contributed by atoms with Gasteiger partial charge in [-0.2, -0.15) is 6.07 Å². The molecule has 0 aromatic carbocycles. The predicted molar refractivity (Wildman–Crippen MR) is 40.4 cm³/mol. The molecular weight excluding hydrogens is 254 g/mol. The molecule has 1 aromatic rings. The van der Waals surface area contributed by atoms with Crippen molar-refractivity contribution in [2.24, 2.45) is 0 Å². The van der Waals surface area contributed by atoms with Gasteiger partial charge in [-0.3, -0.25) is 9.55 Å². The molecule has 0 saturated carbocycles. The molecule has 0 unspecified atom stereocenters. The van der Waals surface area contributed by atoms with Crippen LogP contribution in [0.15, 0.2) is 18.2 Å². The third-order valence-electron chi connectivity index (χ3n) is 1.09. The molecule has 0 aliphatic rings. The van der Waals surface area contributed by atoms with Crippen molar-refractivity contribution in [3.8, 4) is 0 Å². The van der Waals surface area contributed by atoms with Crippen LogP contribution in [0.2, 0.25) is 0 Å². The third kappa shape index (κ3) is 3.34. The van der Waals surface area contributed by atoms with E-state index in [1.807, 2.05) is 0 Å². The molecule has 1 heterocycles. The first-order valence-electron chi connectivity index (χ1n) is 2.85. The summed E-state index contributed by atoms with van der Waals surface area (Å²) in [7, 11) is -4.20. The molecule has 0 atom stereocenters. The zero-order valence-electron chi connectivity index (χ0n) is 6.21. The summed E-state index contributed by atoms with van der Waals surface area (Å²) in [5, 5.41) is 0. The van der Waals surface area contributed by atoms with Crippen LogP contribution in [-0.4, -0.2) is 14.8 Å². The Bertz CT molecular complexity index is 311. The zero-order chi connectivity index (χ0) is 8.48. The number of hydrogen-bond donors (Lipinski definition) is 2. The SMILES string of the molecule is [CH2-]c1cccc(P(=O)(O)O)n1.[Y]. The smallest absolute Gasteiger partial charge is 0.320 e. The fourth-order valence-corrected chi connectivity index (χ4v) is 1.17. The van der Waals surface area contributed by atoms with E-state index in [9.17, 15) is 4.57 Å². The molecular formula is C6H7NO3PY-. The quantitative estimate of drug-likeness (QED) is 0.554. The summed E-state index contributed by atoms with van der Waals surface area (Å²) >= 11 is 0. The predicted octanol–water partition coefficient (Wildman–Crippen LogP) is 0.0643. The Morgan fingerprint density at radius 2 is 2.00 bits per heavy atom. The van der Waals surface area contributed by atoms with Crippen molar-refractivity contribution < 1.29 is 47.1 Å². The van der Waals surface area contributed by atoms with Gasteiger partial charge in [-0.1, -0.05) is 0 Å². The number of aromatic nitrogens is 1. The Morgan fingerprint density at radius 1 is 1.42 bits per heavy atom. The van der Waals surface area contributed by atoms with Crippen LogP contribution in [0.4, 0.5) is 0 Å². The van der Waals surface area contributed by atoms with Gasteiger partial charge in [0.05, 0.1) is 0 Å². The summed E-state index contributed by atoms with van der Waals surface area (Å²) in [6.07, 6.45) is 0. The molecule has 0 saturated heterocycles. The number of nitrogens with zero attached hydrogens (tertiary/aromatic N) is 1. The van der Waals surface area contributed by atoms with E-state index in [1.54, 1.807) is 6.07 Å². The van der Waals surface area contributed by atoms with E-state index in [0.29, 0.717) is 5.69 Å². The van der Waals surface area contributed by atoms with Crippen molar-refractivity contribution in [1.82, 2.24) is 4.98 Å². The maximum Gasteiger partial charge on any atom is 0.374 e. The van der Waals surface area contributed by atoms with E-state index in [2.05, 4.69) is 11.9 Å². The summed E-state index contributed by atoms with van der Waals surface area (Å²) in [4.78, 5) is 20.8. The van der Waals surface area contributed by atoms with Crippen molar-refractivity contribution in [3.05, 3.63) is 30.8 Å². The molecule has 6 heteroatoms. The van der Waals surface area contributed by atoms with Crippen LogP contribution >= 0.6 is 7.60 Å². The van der Waals surface area contributed by atoms with Gasteiger partial charge in [0.2, 0.25) is 0 Å². The van der Waals surface area contributed by atoms with Gasteiger partial charge in [0.1, 0.15) is 5.44 Å². The Balaban J connectivity index is 0.00000121. The van der Waals surface area contributed by atoms with Crippen molar-refractivity contribution in [2.45, 2.75) is 0 Å². The van der Waals surface area contributed by atoms with E-state index in [1.165, 1.54) is 12.1 Å². The van der Waals surface area contributed by atoms with E-state index in [4.69, 9.17) is 9.79 Å². The first kappa shape index (κ1) is 12.3. The monoisotopic (exact) mass is 261 g/mol. The van der Waals surface area contributed by atoms with Crippen LogP contribution in [0.5, 0.6) is 0 Å². The summed E-state index contributed by atoms with van der Waals surface area (Å²) in [6, 6.07) is 4.35. The number of hydrogen-bond acceptors (Lipinski definition) is 2. The molecule has 0 aliphatic heterocycles. The maximum absolute atomic E-state index is 10.6. The molecule has 4 nitrogen and oxygen atoms in total. The molecule has 0 spiro atoms. The van der Waals surface area contributed by atoms with Gasteiger partial charge < -0.3 is 9.79 Å². The average Bonchev–Trinajstić information content (AvgIpc) is 1.86. The van der Waals surface area contributed by atoms with Crippen LogP contribution in [0, 0.1) is 6.92 Å². The Morgan fingerprint density at radius 3 is 2.33 bits per heavy atom. The average molecular weight is 261 g/mol. The normalized spacial score (nSPS) is 10.5. The maximum atomic E-state index is 10.6. The van der Waals surface area contributed by atoms with Gasteiger partial charge in [0.15, 0.2) is 0 Å². The van der Waals surface area contributed by atoms with E-state index in [0.717, 1.165) is 0 Å². The van der Waals surface area contributed by atoms with Crippen LogP contribution in [-0.2, 0) is 37.3 Å². The first-order chi connectivity index (χ1) is 5.00. The van der Waals surface area contributed by atoms with Gasteiger partial charge in [-0.05, 0) is 6.07 Å². The molecule has 12 heavy (non-hydrogen) atoms. The Hall–Kier alpha value is 0.274. The minimum atomic E-state index is -4.20. The fraction of sp³-hybridized carbons (Fsp3) is 0. The van der Waals surface area contributed by atoms with Gasteiger partial charge in [0.25, 0.3) is 0 Å². The van der Waals surface area contributed by atoms with Crippen LogP contribution in [0.3, 0.4) is 0 Å². The second-order valence-electron chi connectivity index (χ2n) is 2.03. The second kappa shape index (κ2) is 4.49. The largest absolute Gasteiger partial charge is 0.374 e. The molecule has 63 valence electrons. The van der Waals surface area contributed by atoms with Crippen LogP contribution < -0.4 is 5.44 Å². The van der Waals surface area contributed by atoms with Crippen LogP contribution in [0.1, 0.15) is 5.69 Å². The fourth-order valence-electron chi connectivity index (χ4n) is 0.629. The number of pyridine rings is 1. The molecule has 0 aliphatic carbocycles. The molecule has 1 rings (SSSR count). The van der Waals surface area contributed by atoms with E-state index < -0.39 is 7.60 Å². The summed E-state index contributed by atoms with van der Waals surface area (Å²) < 4.78 is 10.6. The van der Waals surface area contributed by atoms with Crippen molar-refractivity contribution >= 4 is 13.0 Å². The minimum absolute atomic E-state index is 0. The standard InChI is InChI=1S/C6H7NO3P.Y/c1-5-3-2-4-6(7-5)11(8,9)10;/h2-4H,1H2,(H2,8,9,10);/q-1;. The van der Waals surface area contributed by atoms with Gasteiger partial charge >= 0.3 is 7.60 Å². The van der Waals surface area contributed by atoms with Crippen molar-refractivity contribution in [2.75, 3.05) is 0 Å².